The van der Waals surface area contributed by atoms with E-state index in [1.165, 1.54) is 12.1 Å². The highest BCUT2D eigenvalue weighted by Gasteiger charge is 2.38. The van der Waals surface area contributed by atoms with Crippen molar-refractivity contribution < 1.29 is 20.1 Å². The molecule has 0 amide bonds. The summed E-state index contributed by atoms with van der Waals surface area (Å²) in [5.41, 5.74) is 5.18. The van der Waals surface area contributed by atoms with Crippen LogP contribution in [0.2, 0.25) is 0 Å². The number of hydrogen-bond donors (Lipinski definition) is 4. The van der Waals surface area contributed by atoms with E-state index in [4.69, 9.17) is 10.8 Å². The molecule has 0 bridgehead atoms. The lowest BCUT2D eigenvalue weighted by Crippen LogP contribution is -2.50. The summed E-state index contributed by atoms with van der Waals surface area (Å²) in [6, 6.07) is 5.80. The molecule has 1 aromatic carbocycles. The lowest BCUT2D eigenvalue weighted by atomic mass is 9.99. The van der Waals surface area contributed by atoms with E-state index in [0.29, 0.717) is 0 Å². The van der Waals surface area contributed by atoms with Crippen molar-refractivity contribution in [1.29, 1.82) is 0 Å². The van der Waals surface area contributed by atoms with Gasteiger partial charge in [0, 0.05) is 5.56 Å². The first-order chi connectivity index (χ1) is 6.46. The van der Waals surface area contributed by atoms with Gasteiger partial charge in [0.05, 0.1) is 0 Å². The standard InChI is InChI=1S/C9H11NO4/c10-7(8(11)12)9(13,14)6-4-2-1-3-5-6/h1-5,7,13-14H,10H2,(H,11,12). The summed E-state index contributed by atoms with van der Waals surface area (Å²) < 4.78 is 0. The Hall–Kier alpha value is -1.43. The first-order valence-corrected chi connectivity index (χ1v) is 3.95. The average molecular weight is 197 g/mol. The molecule has 0 aliphatic carbocycles. The SMILES string of the molecule is NC(C(=O)O)C(O)(O)c1ccccc1. The fraction of sp³-hybridized carbons (Fsp3) is 0.222. The second-order valence-corrected chi connectivity index (χ2v) is 2.91. The highest BCUT2D eigenvalue weighted by Crippen LogP contribution is 2.20. The summed E-state index contributed by atoms with van der Waals surface area (Å²) in [5, 5.41) is 27.5. The van der Waals surface area contributed by atoms with Gasteiger partial charge in [-0.1, -0.05) is 30.3 Å². The van der Waals surface area contributed by atoms with Crippen LogP contribution in [0.4, 0.5) is 0 Å². The Bertz CT molecular complexity index is 323. The van der Waals surface area contributed by atoms with Crippen molar-refractivity contribution in [2.24, 2.45) is 5.73 Å². The van der Waals surface area contributed by atoms with E-state index in [1.807, 2.05) is 0 Å². The molecule has 5 N–H and O–H groups in total. The van der Waals surface area contributed by atoms with Gasteiger partial charge in [-0.25, -0.2) is 0 Å². The fourth-order valence-electron chi connectivity index (χ4n) is 1.04. The zero-order chi connectivity index (χ0) is 10.8. The van der Waals surface area contributed by atoms with Crippen LogP contribution in [-0.4, -0.2) is 27.3 Å². The lowest BCUT2D eigenvalue weighted by Gasteiger charge is -2.25. The molecule has 0 aromatic heterocycles. The largest absolute Gasteiger partial charge is 0.480 e. The number of carboxylic acids is 1. The van der Waals surface area contributed by atoms with Crippen molar-refractivity contribution in [3.63, 3.8) is 0 Å². The molecule has 0 fully saturated rings. The van der Waals surface area contributed by atoms with Crippen molar-refractivity contribution in [1.82, 2.24) is 0 Å². The molecule has 0 spiro atoms. The maximum absolute atomic E-state index is 10.5. The number of aliphatic carboxylic acids is 1. The van der Waals surface area contributed by atoms with Gasteiger partial charge >= 0.3 is 5.97 Å². The van der Waals surface area contributed by atoms with E-state index in [9.17, 15) is 15.0 Å². The van der Waals surface area contributed by atoms with Crippen LogP contribution in [0.3, 0.4) is 0 Å². The van der Waals surface area contributed by atoms with Gasteiger partial charge in [-0.05, 0) is 0 Å². The maximum atomic E-state index is 10.5. The molecule has 0 radical (unpaired) electrons. The number of rotatable bonds is 3. The lowest BCUT2D eigenvalue weighted by molar-refractivity contribution is -0.197. The summed E-state index contributed by atoms with van der Waals surface area (Å²) in [6.07, 6.45) is 0. The Morgan fingerprint density at radius 1 is 1.29 bits per heavy atom. The van der Waals surface area contributed by atoms with Crippen LogP contribution in [0.5, 0.6) is 0 Å². The van der Waals surface area contributed by atoms with E-state index in [-0.39, 0.29) is 5.56 Å². The molecule has 1 atom stereocenters. The van der Waals surface area contributed by atoms with E-state index < -0.39 is 17.8 Å². The molecular weight excluding hydrogens is 186 g/mol. The number of hydrogen-bond acceptors (Lipinski definition) is 4. The van der Waals surface area contributed by atoms with E-state index in [2.05, 4.69) is 0 Å². The summed E-state index contributed by atoms with van der Waals surface area (Å²) in [4.78, 5) is 10.5. The number of aliphatic hydroxyl groups is 2. The monoisotopic (exact) mass is 197 g/mol. The molecule has 1 unspecified atom stereocenters. The quantitative estimate of drug-likeness (QED) is 0.477. The maximum Gasteiger partial charge on any atom is 0.326 e. The minimum atomic E-state index is -2.55. The first-order valence-electron chi connectivity index (χ1n) is 3.95. The minimum absolute atomic E-state index is 0.0508. The third-order valence-electron chi connectivity index (χ3n) is 1.90. The topological polar surface area (TPSA) is 104 Å². The van der Waals surface area contributed by atoms with E-state index in [0.717, 1.165) is 0 Å². The van der Waals surface area contributed by atoms with Gasteiger partial charge in [0.25, 0.3) is 0 Å². The molecule has 5 nitrogen and oxygen atoms in total. The Morgan fingerprint density at radius 2 is 1.79 bits per heavy atom. The number of nitrogens with two attached hydrogens (primary N) is 1. The molecule has 5 heteroatoms. The van der Waals surface area contributed by atoms with Crippen LogP contribution in [0.15, 0.2) is 30.3 Å². The van der Waals surface area contributed by atoms with Crippen LogP contribution >= 0.6 is 0 Å². The fourth-order valence-corrected chi connectivity index (χ4v) is 1.04. The highest BCUT2D eigenvalue weighted by atomic mass is 16.5. The normalized spacial score (nSPS) is 13.6. The van der Waals surface area contributed by atoms with Gasteiger partial charge < -0.3 is 21.1 Å². The highest BCUT2D eigenvalue weighted by molar-refractivity contribution is 5.74. The summed E-state index contributed by atoms with van der Waals surface area (Å²) in [6.45, 7) is 0. The van der Waals surface area contributed by atoms with Crippen molar-refractivity contribution in [2.45, 2.75) is 11.8 Å². The summed E-state index contributed by atoms with van der Waals surface area (Å²) in [5.74, 6) is -4.02. The van der Waals surface area contributed by atoms with Crippen molar-refractivity contribution >= 4 is 5.97 Å². The predicted molar refractivity (Wildman–Crippen MR) is 48.2 cm³/mol. The Kier molecular flexibility index (Phi) is 2.85. The second-order valence-electron chi connectivity index (χ2n) is 2.91. The molecule has 14 heavy (non-hydrogen) atoms. The molecule has 0 saturated heterocycles. The van der Waals surface area contributed by atoms with Gasteiger partial charge in [-0.3, -0.25) is 4.79 Å². The first kappa shape index (κ1) is 10.6. The van der Waals surface area contributed by atoms with E-state index in [1.54, 1.807) is 18.2 Å². The van der Waals surface area contributed by atoms with Gasteiger partial charge in [0.15, 0.2) is 6.04 Å². The average Bonchev–Trinajstić information content (AvgIpc) is 2.18. The predicted octanol–water partition coefficient (Wildman–Crippen LogP) is -0.764. The van der Waals surface area contributed by atoms with Gasteiger partial charge in [0.2, 0.25) is 5.79 Å². The molecule has 1 aromatic rings. The number of carbonyl (C=O) groups is 1. The zero-order valence-electron chi connectivity index (χ0n) is 7.29. The van der Waals surface area contributed by atoms with Gasteiger partial charge in [-0.15, -0.1) is 0 Å². The summed E-state index contributed by atoms with van der Waals surface area (Å²) in [7, 11) is 0. The van der Waals surface area contributed by atoms with Crippen LogP contribution in [0.25, 0.3) is 0 Å². The number of benzene rings is 1. The van der Waals surface area contributed by atoms with Gasteiger partial charge in [-0.2, -0.15) is 0 Å². The third kappa shape index (κ3) is 1.90. The van der Waals surface area contributed by atoms with Crippen LogP contribution in [-0.2, 0) is 10.6 Å². The Labute approximate surface area is 80.4 Å². The molecule has 76 valence electrons. The van der Waals surface area contributed by atoms with Crippen molar-refractivity contribution in [3.05, 3.63) is 35.9 Å². The molecular formula is C9H11NO4. The van der Waals surface area contributed by atoms with Crippen molar-refractivity contribution in [2.75, 3.05) is 0 Å². The Morgan fingerprint density at radius 3 is 2.21 bits per heavy atom. The molecule has 0 aliphatic heterocycles. The zero-order valence-corrected chi connectivity index (χ0v) is 7.29. The Balaban J connectivity index is 3.02. The minimum Gasteiger partial charge on any atom is -0.480 e. The van der Waals surface area contributed by atoms with Crippen molar-refractivity contribution in [3.8, 4) is 0 Å². The number of carboxylic acid groups (broad SMARTS) is 1. The molecule has 0 saturated carbocycles. The third-order valence-corrected chi connectivity index (χ3v) is 1.90. The van der Waals surface area contributed by atoms with Crippen LogP contribution < -0.4 is 5.73 Å². The molecule has 0 aliphatic rings. The molecule has 1 rings (SSSR count). The summed E-state index contributed by atoms with van der Waals surface area (Å²) >= 11 is 0. The van der Waals surface area contributed by atoms with E-state index >= 15 is 0 Å². The van der Waals surface area contributed by atoms with Gasteiger partial charge in [0.1, 0.15) is 0 Å². The molecule has 0 heterocycles. The van der Waals surface area contributed by atoms with Crippen LogP contribution in [0, 0.1) is 0 Å². The van der Waals surface area contributed by atoms with Crippen LogP contribution in [0.1, 0.15) is 5.56 Å². The smallest absolute Gasteiger partial charge is 0.326 e. The second kappa shape index (κ2) is 3.75.